The molecule has 0 saturated heterocycles. The zero-order chi connectivity index (χ0) is 12.6. The van der Waals surface area contributed by atoms with Crippen molar-refractivity contribution in [3.63, 3.8) is 0 Å². The van der Waals surface area contributed by atoms with E-state index in [0.717, 1.165) is 11.1 Å². The van der Waals surface area contributed by atoms with Crippen LogP contribution in [0.1, 0.15) is 12.6 Å². The molecule has 0 amide bonds. The second-order valence-electron chi connectivity index (χ2n) is 3.68. The van der Waals surface area contributed by atoms with E-state index in [2.05, 4.69) is 9.97 Å². The highest BCUT2D eigenvalue weighted by Crippen LogP contribution is 2.17. The van der Waals surface area contributed by atoms with Crippen LogP contribution in [0.3, 0.4) is 0 Å². The molecule has 0 bridgehead atoms. The van der Waals surface area contributed by atoms with Gasteiger partial charge in [-0.1, -0.05) is 17.8 Å². The van der Waals surface area contributed by atoms with Crippen LogP contribution in [-0.2, 0) is 6.54 Å². The first-order valence-corrected chi connectivity index (χ1v) is 6.52. The van der Waals surface area contributed by atoms with Gasteiger partial charge in [0.05, 0.1) is 5.69 Å². The number of fused-ring (bicyclic) bond motifs is 1. The van der Waals surface area contributed by atoms with E-state index in [-0.39, 0.29) is 11.0 Å². The van der Waals surface area contributed by atoms with Gasteiger partial charge in [0.2, 0.25) is 5.56 Å². The number of thioether (sulfide) groups is 1. The summed E-state index contributed by atoms with van der Waals surface area (Å²) in [6.45, 7) is 4.34. The van der Waals surface area contributed by atoms with Crippen molar-refractivity contribution in [2.24, 2.45) is 0 Å². The summed E-state index contributed by atoms with van der Waals surface area (Å²) in [5.74, 6) is 0. The molecule has 2 rings (SSSR count). The fourth-order valence-electron chi connectivity index (χ4n) is 1.77. The number of aryl methyl sites for hydroxylation is 2. The maximum Gasteiger partial charge on any atom is 0.245 e. The Morgan fingerprint density at radius 1 is 1.47 bits per heavy atom. The lowest BCUT2D eigenvalue weighted by molar-refractivity contribution is 0.743. The first-order chi connectivity index (χ1) is 8.08. The molecule has 0 aliphatic carbocycles. The van der Waals surface area contributed by atoms with E-state index < -0.39 is 0 Å². The van der Waals surface area contributed by atoms with Gasteiger partial charge in [0.1, 0.15) is 13.5 Å². The molecule has 0 N–H and O–H groups in total. The third-order valence-electron chi connectivity index (χ3n) is 2.64. The number of aromatic nitrogens is 3. The third-order valence-corrected chi connectivity index (χ3v) is 3.19. The van der Waals surface area contributed by atoms with Crippen molar-refractivity contribution in [3.8, 4) is 0 Å². The molecule has 0 unspecified atom stereocenters. The van der Waals surface area contributed by atoms with Crippen LogP contribution in [0, 0.1) is 6.92 Å². The van der Waals surface area contributed by atoms with E-state index in [1.165, 1.54) is 11.8 Å². The Morgan fingerprint density at radius 3 is 2.76 bits per heavy atom. The molecule has 0 atom stereocenters. The average molecular weight is 245 g/mol. The molecule has 2 aromatic rings. The number of rotatable bonds is 2. The highest BCUT2D eigenvalue weighted by Gasteiger charge is 2.10. The quantitative estimate of drug-likeness (QED) is 0.442. The molecule has 4 nitrogen and oxygen atoms in total. The van der Waals surface area contributed by atoms with Gasteiger partial charge in [0.15, 0.2) is 5.16 Å². The van der Waals surface area contributed by atoms with Gasteiger partial charge in [-0.2, -0.15) is 0 Å². The highest BCUT2D eigenvalue weighted by molar-refractivity contribution is 7.98. The summed E-state index contributed by atoms with van der Waals surface area (Å²) < 4.78 is 1.58. The second kappa shape index (κ2) is 4.53. The molecule has 2 radical (unpaired) electrons. The highest BCUT2D eigenvalue weighted by atomic mass is 32.2. The van der Waals surface area contributed by atoms with Gasteiger partial charge in [0, 0.05) is 11.9 Å². The van der Waals surface area contributed by atoms with Crippen molar-refractivity contribution in [1.29, 1.82) is 0 Å². The van der Waals surface area contributed by atoms with E-state index in [1.807, 2.05) is 20.1 Å². The van der Waals surface area contributed by atoms with Gasteiger partial charge in [0.25, 0.3) is 0 Å². The molecule has 0 aliphatic heterocycles. The lowest BCUT2D eigenvalue weighted by Crippen LogP contribution is -2.34. The van der Waals surface area contributed by atoms with Gasteiger partial charge in [-0.15, -0.1) is 0 Å². The van der Waals surface area contributed by atoms with Gasteiger partial charge in [-0.3, -0.25) is 9.36 Å². The molecule has 6 heteroatoms. The molecule has 17 heavy (non-hydrogen) atoms. The lowest BCUT2D eigenvalue weighted by atomic mass is 9.96. The minimum atomic E-state index is -0.190. The van der Waals surface area contributed by atoms with Gasteiger partial charge >= 0.3 is 0 Å². The minimum absolute atomic E-state index is 0.190. The smallest absolute Gasteiger partial charge is 0.245 e. The summed E-state index contributed by atoms with van der Waals surface area (Å²) in [4.78, 5) is 20.6. The van der Waals surface area contributed by atoms with E-state index in [0.29, 0.717) is 17.3 Å². The summed E-state index contributed by atoms with van der Waals surface area (Å²) in [5.41, 5.74) is 1.55. The number of hydrogen-bond acceptors (Lipinski definition) is 4. The lowest BCUT2D eigenvalue weighted by Gasteiger charge is -2.11. The second-order valence-corrected chi connectivity index (χ2v) is 4.46. The van der Waals surface area contributed by atoms with Gasteiger partial charge in [-0.05, 0) is 25.6 Å². The SMILES string of the molecule is [B]c1cc2c(C)nc(SC)nc2n(CC)c1=O. The van der Waals surface area contributed by atoms with Crippen LogP contribution in [0.2, 0.25) is 0 Å². The van der Waals surface area contributed by atoms with Crippen LogP contribution < -0.4 is 11.0 Å². The predicted molar refractivity (Wildman–Crippen MR) is 71.4 cm³/mol. The molecule has 0 aromatic carbocycles. The molecule has 2 heterocycles. The molecule has 0 saturated carbocycles. The first kappa shape index (κ1) is 12.2. The number of pyridine rings is 1. The molecular formula is C11H12BN3OS. The zero-order valence-electron chi connectivity index (χ0n) is 10.0. The van der Waals surface area contributed by atoms with E-state index in [9.17, 15) is 4.79 Å². The van der Waals surface area contributed by atoms with Crippen LogP contribution in [0.4, 0.5) is 0 Å². The van der Waals surface area contributed by atoms with Crippen LogP contribution in [0.25, 0.3) is 11.0 Å². The normalized spacial score (nSPS) is 11.0. The monoisotopic (exact) mass is 245 g/mol. The van der Waals surface area contributed by atoms with Crippen LogP contribution in [0.15, 0.2) is 16.0 Å². The minimum Gasteiger partial charge on any atom is -0.293 e. The van der Waals surface area contributed by atoms with Crippen molar-refractivity contribution in [1.82, 2.24) is 14.5 Å². The molecule has 0 aliphatic rings. The topological polar surface area (TPSA) is 47.8 Å². The number of hydrogen-bond donors (Lipinski definition) is 0. The van der Waals surface area contributed by atoms with Crippen LogP contribution in [-0.4, -0.2) is 28.6 Å². The average Bonchev–Trinajstić information content (AvgIpc) is 2.32. The third kappa shape index (κ3) is 1.97. The Balaban J connectivity index is 2.96. The Bertz CT molecular complexity index is 639. The van der Waals surface area contributed by atoms with E-state index >= 15 is 0 Å². The summed E-state index contributed by atoms with van der Waals surface area (Å²) in [5, 5.41) is 1.50. The van der Waals surface area contributed by atoms with Crippen molar-refractivity contribution in [2.45, 2.75) is 25.5 Å². The Labute approximate surface area is 105 Å². The molecule has 86 valence electrons. The maximum atomic E-state index is 11.9. The molecule has 2 aromatic heterocycles. The fraction of sp³-hybridized carbons (Fsp3) is 0.364. The maximum absolute atomic E-state index is 11.9. The van der Waals surface area contributed by atoms with Crippen molar-refractivity contribution >= 4 is 36.1 Å². The molecular weight excluding hydrogens is 233 g/mol. The van der Waals surface area contributed by atoms with E-state index in [1.54, 1.807) is 10.6 Å². The van der Waals surface area contributed by atoms with E-state index in [4.69, 9.17) is 7.85 Å². The van der Waals surface area contributed by atoms with Crippen molar-refractivity contribution in [3.05, 3.63) is 22.1 Å². The summed E-state index contributed by atoms with van der Waals surface area (Å²) in [6, 6.07) is 1.66. The summed E-state index contributed by atoms with van der Waals surface area (Å²) in [7, 11) is 5.71. The van der Waals surface area contributed by atoms with Gasteiger partial charge in [-0.25, -0.2) is 9.97 Å². The van der Waals surface area contributed by atoms with Crippen LogP contribution >= 0.6 is 11.8 Å². The zero-order valence-corrected chi connectivity index (χ0v) is 10.8. The Morgan fingerprint density at radius 2 is 2.18 bits per heavy atom. The summed E-state index contributed by atoms with van der Waals surface area (Å²) >= 11 is 1.46. The first-order valence-electron chi connectivity index (χ1n) is 5.30. The molecule has 0 spiro atoms. The number of nitrogens with zero attached hydrogens (tertiary/aromatic N) is 3. The fourth-order valence-corrected chi connectivity index (χ4v) is 2.18. The standard InChI is InChI=1S/C11H12BN3OS/c1-4-15-9-7(5-8(12)10(15)16)6(2)13-11(14-9)17-3/h5H,4H2,1-3H3. The van der Waals surface area contributed by atoms with Crippen molar-refractivity contribution in [2.75, 3.05) is 6.26 Å². The van der Waals surface area contributed by atoms with Crippen LogP contribution in [0.5, 0.6) is 0 Å². The largest absolute Gasteiger partial charge is 0.293 e. The Hall–Kier alpha value is -1.30. The molecule has 0 fully saturated rings. The Kier molecular flexibility index (Phi) is 3.24. The van der Waals surface area contributed by atoms with Gasteiger partial charge < -0.3 is 0 Å². The van der Waals surface area contributed by atoms with Crippen molar-refractivity contribution < 1.29 is 0 Å². The predicted octanol–water partition coefficient (Wildman–Crippen LogP) is 0.636. The summed E-state index contributed by atoms with van der Waals surface area (Å²) in [6.07, 6.45) is 1.91.